The van der Waals surface area contributed by atoms with E-state index in [1.165, 1.54) is 18.9 Å². The summed E-state index contributed by atoms with van der Waals surface area (Å²) in [4.78, 5) is 4.63. The number of rotatable bonds is 3. The van der Waals surface area contributed by atoms with Gasteiger partial charge in [-0.15, -0.1) is 0 Å². The van der Waals surface area contributed by atoms with Crippen molar-refractivity contribution in [1.82, 2.24) is 9.55 Å². The maximum Gasteiger partial charge on any atom is 0.151 e. The molecule has 1 fully saturated rings. The van der Waals surface area contributed by atoms with E-state index in [0.29, 0.717) is 5.52 Å². The second kappa shape index (κ2) is 5.76. The number of para-hydroxylation sites is 1. The first kappa shape index (κ1) is 14.5. The third-order valence-electron chi connectivity index (χ3n) is 4.62. The van der Waals surface area contributed by atoms with Gasteiger partial charge in [-0.1, -0.05) is 38.7 Å². The Morgan fingerprint density at radius 2 is 1.95 bits per heavy atom. The molecule has 1 heterocycles. The maximum atomic E-state index is 14.1. The van der Waals surface area contributed by atoms with Crippen LogP contribution in [0.1, 0.15) is 57.7 Å². The third kappa shape index (κ3) is 2.57. The highest BCUT2D eigenvalue weighted by molar-refractivity contribution is 5.77. The Bertz CT molecular complexity index is 624. The lowest BCUT2D eigenvalue weighted by Crippen LogP contribution is -2.39. The minimum absolute atomic E-state index is 0.249. The first-order chi connectivity index (χ1) is 10.2. The van der Waals surface area contributed by atoms with E-state index in [2.05, 4.69) is 16.5 Å². The van der Waals surface area contributed by atoms with E-state index in [-0.39, 0.29) is 5.82 Å². The van der Waals surface area contributed by atoms with Crippen LogP contribution >= 0.6 is 0 Å². The lowest BCUT2D eigenvalue weighted by atomic mass is 9.90. The summed E-state index contributed by atoms with van der Waals surface area (Å²) in [6, 6.07) is 5.18. The molecule has 3 nitrogen and oxygen atoms in total. The number of aryl methyl sites for hydroxylation is 1. The summed E-state index contributed by atoms with van der Waals surface area (Å²) >= 11 is 0. The summed E-state index contributed by atoms with van der Waals surface area (Å²) in [5, 5.41) is 0. The lowest BCUT2D eigenvalue weighted by Gasteiger charge is -2.28. The molecule has 0 atom stereocenters. The molecule has 0 amide bonds. The Morgan fingerprint density at radius 3 is 2.62 bits per heavy atom. The molecule has 3 rings (SSSR count). The molecule has 4 heteroatoms. The molecule has 21 heavy (non-hydrogen) atoms. The fraction of sp³-hybridized carbons (Fsp3) is 0.588. The average molecular weight is 289 g/mol. The third-order valence-corrected chi connectivity index (χ3v) is 4.62. The van der Waals surface area contributed by atoms with Crippen LogP contribution in [0.4, 0.5) is 4.39 Å². The number of nitrogens with two attached hydrogens (primary N) is 1. The number of aromatic nitrogens is 2. The van der Waals surface area contributed by atoms with E-state index in [9.17, 15) is 4.39 Å². The van der Waals surface area contributed by atoms with Crippen LogP contribution in [0, 0.1) is 5.82 Å². The molecule has 1 aliphatic carbocycles. The van der Waals surface area contributed by atoms with Crippen LogP contribution in [0.25, 0.3) is 11.0 Å². The lowest BCUT2D eigenvalue weighted by molar-refractivity contribution is 0.348. The average Bonchev–Trinajstić information content (AvgIpc) is 2.70. The van der Waals surface area contributed by atoms with Crippen molar-refractivity contribution in [2.24, 2.45) is 5.73 Å². The summed E-state index contributed by atoms with van der Waals surface area (Å²) in [5.74, 6) is 0.632. The molecule has 1 aromatic carbocycles. The second-order valence-electron chi connectivity index (χ2n) is 6.26. The van der Waals surface area contributed by atoms with Crippen molar-refractivity contribution < 1.29 is 4.39 Å². The van der Waals surface area contributed by atoms with Gasteiger partial charge in [-0.3, -0.25) is 0 Å². The normalized spacial score (nSPS) is 18.8. The summed E-state index contributed by atoms with van der Waals surface area (Å²) < 4.78 is 16.2. The molecule has 1 saturated carbocycles. The number of hydrogen-bond donors (Lipinski definition) is 1. The molecule has 1 aromatic heterocycles. The van der Waals surface area contributed by atoms with E-state index < -0.39 is 5.54 Å². The van der Waals surface area contributed by atoms with E-state index in [1.807, 2.05) is 6.07 Å². The van der Waals surface area contributed by atoms with Crippen molar-refractivity contribution in [1.29, 1.82) is 0 Å². The molecular formula is C17H24FN3. The molecule has 2 aromatic rings. The molecule has 0 radical (unpaired) electrons. The molecule has 0 bridgehead atoms. The van der Waals surface area contributed by atoms with Crippen LogP contribution in [0.5, 0.6) is 0 Å². The Balaban J connectivity index is 2.16. The molecule has 2 N–H and O–H groups in total. The second-order valence-corrected chi connectivity index (χ2v) is 6.26. The van der Waals surface area contributed by atoms with Crippen LogP contribution in [-0.4, -0.2) is 9.55 Å². The van der Waals surface area contributed by atoms with Crippen LogP contribution in [0.15, 0.2) is 18.2 Å². The highest BCUT2D eigenvalue weighted by Gasteiger charge is 2.34. The largest absolute Gasteiger partial charge is 0.326 e. The van der Waals surface area contributed by atoms with Crippen molar-refractivity contribution in [3.8, 4) is 0 Å². The molecular weight excluding hydrogens is 265 g/mol. The Kier molecular flexibility index (Phi) is 3.98. The quantitative estimate of drug-likeness (QED) is 0.865. The number of benzene rings is 1. The van der Waals surface area contributed by atoms with Crippen molar-refractivity contribution in [2.75, 3.05) is 0 Å². The Labute approximate surface area is 125 Å². The topological polar surface area (TPSA) is 43.8 Å². The molecule has 0 saturated heterocycles. The van der Waals surface area contributed by atoms with Gasteiger partial charge in [-0.2, -0.15) is 0 Å². The van der Waals surface area contributed by atoms with Gasteiger partial charge in [0.05, 0.1) is 11.1 Å². The monoisotopic (exact) mass is 289 g/mol. The number of fused-ring (bicyclic) bond motifs is 1. The molecule has 0 aliphatic heterocycles. The summed E-state index contributed by atoms with van der Waals surface area (Å²) in [5.41, 5.74) is 7.66. The highest BCUT2D eigenvalue weighted by Crippen LogP contribution is 2.35. The smallest absolute Gasteiger partial charge is 0.151 e. The van der Waals surface area contributed by atoms with Gasteiger partial charge in [0, 0.05) is 6.54 Å². The zero-order chi connectivity index (χ0) is 14.9. The Hall–Kier alpha value is -1.42. The SMILES string of the molecule is CCCn1c(C2(N)CCCCCC2)nc2c(F)cccc21. The van der Waals surface area contributed by atoms with Crippen molar-refractivity contribution in [3.63, 3.8) is 0 Å². The van der Waals surface area contributed by atoms with Crippen LogP contribution in [-0.2, 0) is 12.1 Å². The van der Waals surface area contributed by atoms with E-state index in [4.69, 9.17) is 5.73 Å². The van der Waals surface area contributed by atoms with Gasteiger partial charge in [0.15, 0.2) is 5.82 Å². The first-order valence-corrected chi connectivity index (χ1v) is 8.10. The number of halogens is 1. The van der Waals surface area contributed by atoms with Crippen LogP contribution in [0.2, 0.25) is 0 Å². The van der Waals surface area contributed by atoms with Gasteiger partial charge >= 0.3 is 0 Å². The Morgan fingerprint density at radius 1 is 1.24 bits per heavy atom. The molecule has 0 spiro atoms. The van der Waals surface area contributed by atoms with Gasteiger partial charge in [0.2, 0.25) is 0 Å². The van der Waals surface area contributed by atoms with Crippen molar-refractivity contribution in [2.45, 2.75) is 64.0 Å². The van der Waals surface area contributed by atoms with Gasteiger partial charge in [-0.05, 0) is 31.4 Å². The zero-order valence-corrected chi connectivity index (χ0v) is 12.7. The van der Waals surface area contributed by atoms with Crippen LogP contribution in [0.3, 0.4) is 0 Å². The summed E-state index contributed by atoms with van der Waals surface area (Å²) in [7, 11) is 0. The van der Waals surface area contributed by atoms with Gasteiger partial charge in [-0.25, -0.2) is 9.37 Å². The summed E-state index contributed by atoms with van der Waals surface area (Å²) in [6.07, 6.45) is 7.62. The van der Waals surface area contributed by atoms with E-state index >= 15 is 0 Å². The molecule has 114 valence electrons. The zero-order valence-electron chi connectivity index (χ0n) is 12.7. The fourth-order valence-electron chi connectivity index (χ4n) is 3.53. The predicted molar refractivity (Wildman–Crippen MR) is 83.5 cm³/mol. The van der Waals surface area contributed by atoms with Gasteiger partial charge < -0.3 is 10.3 Å². The minimum Gasteiger partial charge on any atom is -0.326 e. The predicted octanol–water partition coefficient (Wildman–Crippen LogP) is 4.09. The van der Waals surface area contributed by atoms with E-state index in [0.717, 1.165) is 50.0 Å². The summed E-state index contributed by atoms with van der Waals surface area (Å²) in [6.45, 7) is 2.97. The first-order valence-electron chi connectivity index (χ1n) is 8.10. The fourth-order valence-corrected chi connectivity index (χ4v) is 3.53. The van der Waals surface area contributed by atoms with Gasteiger partial charge in [0.25, 0.3) is 0 Å². The number of hydrogen-bond acceptors (Lipinski definition) is 2. The minimum atomic E-state index is -0.406. The standard InChI is InChI=1S/C17H24FN3/c1-2-12-21-14-9-7-8-13(18)15(14)20-16(21)17(19)10-5-3-4-6-11-17/h7-9H,2-6,10-12,19H2,1H3. The highest BCUT2D eigenvalue weighted by atomic mass is 19.1. The molecule has 0 unspecified atom stereocenters. The van der Waals surface area contributed by atoms with Crippen LogP contribution < -0.4 is 5.73 Å². The van der Waals surface area contributed by atoms with Gasteiger partial charge in [0.1, 0.15) is 11.3 Å². The maximum absolute atomic E-state index is 14.1. The number of imidazole rings is 1. The number of nitrogens with zero attached hydrogens (tertiary/aromatic N) is 2. The van der Waals surface area contributed by atoms with Crippen molar-refractivity contribution >= 4 is 11.0 Å². The van der Waals surface area contributed by atoms with Crippen molar-refractivity contribution in [3.05, 3.63) is 29.8 Å². The van der Waals surface area contributed by atoms with E-state index in [1.54, 1.807) is 6.07 Å². The molecule has 1 aliphatic rings.